The van der Waals surface area contributed by atoms with Crippen LogP contribution >= 0.6 is 0 Å². The molecule has 1 aromatic rings. The van der Waals surface area contributed by atoms with Crippen molar-refractivity contribution >= 4 is 11.8 Å². The maximum atomic E-state index is 13.2. The molecule has 3 fully saturated rings. The van der Waals surface area contributed by atoms with Gasteiger partial charge in [-0.05, 0) is 44.9 Å². The van der Waals surface area contributed by atoms with E-state index < -0.39 is 5.41 Å². The van der Waals surface area contributed by atoms with Crippen LogP contribution in [0.4, 0.5) is 0 Å². The number of likely N-dealkylation sites (tertiary alicyclic amines) is 2. The fourth-order valence-corrected chi connectivity index (χ4v) is 4.60. The van der Waals surface area contributed by atoms with Crippen molar-refractivity contribution in [3.63, 3.8) is 0 Å². The quantitative estimate of drug-likeness (QED) is 0.830. The third kappa shape index (κ3) is 3.06. The third-order valence-corrected chi connectivity index (χ3v) is 6.27. The van der Waals surface area contributed by atoms with Crippen LogP contribution in [0.25, 0.3) is 0 Å². The van der Waals surface area contributed by atoms with E-state index in [9.17, 15) is 14.4 Å². The number of aryl methyl sites for hydroxylation is 1. The highest BCUT2D eigenvalue weighted by Crippen LogP contribution is 2.41. The third-order valence-electron chi connectivity index (χ3n) is 6.27. The minimum Gasteiger partial charge on any atom is -0.456 e. The Kier molecular flexibility index (Phi) is 4.37. The highest BCUT2D eigenvalue weighted by Gasteiger charge is 2.50. The number of carbonyl (C=O) groups is 2. The molecule has 2 aliphatic heterocycles. The van der Waals surface area contributed by atoms with E-state index >= 15 is 0 Å². The summed E-state index contributed by atoms with van der Waals surface area (Å²) in [6.45, 7) is 4.36. The summed E-state index contributed by atoms with van der Waals surface area (Å²) in [4.78, 5) is 41.3. The highest BCUT2D eigenvalue weighted by atomic mass is 16.3. The monoisotopic (exact) mass is 358 g/mol. The molecule has 1 saturated carbocycles. The number of carbonyl (C=O) groups excluding carboxylic acids is 2. The molecule has 1 atom stereocenters. The van der Waals surface area contributed by atoms with Crippen LogP contribution in [-0.4, -0.2) is 47.8 Å². The average molecular weight is 358 g/mol. The summed E-state index contributed by atoms with van der Waals surface area (Å²) in [5, 5.41) is 0. The predicted molar refractivity (Wildman–Crippen MR) is 95.8 cm³/mol. The van der Waals surface area contributed by atoms with Gasteiger partial charge in [0.2, 0.25) is 5.91 Å². The predicted octanol–water partition coefficient (Wildman–Crippen LogP) is 2.20. The molecule has 4 rings (SSSR count). The van der Waals surface area contributed by atoms with Crippen molar-refractivity contribution in [1.29, 1.82) is 0 Å². The zero-order chi connectivity index (χ0) is 18.3. The Hall–Kier alpha value is -2.11. The van der Waals surface area contributed by atoms with Gasteiger partial charge in [0.05, 0.1) is 5.41 Å². The lowest BCUT2D eigenvalue weighted by molar-refractivity contribution is -0.146. The van der Waals surface area contributed by atoms with Crippen LogP contribution in [0.5, 0.6) is 0 Å². The molecule has 0 radical (unpaired) electrons. The Balaban J connectivity index is 1.48. The van der Waals surface area contributed by atoms with E-state index in [2.05, 4.69) is 0 Å². The highest BCUT2D eigenvalue weighted by molar-refractivity contribution is 5.93. The Morgan fingerprint density at radius 2 is 2.00 bits per heavy atom. The topological polar surface area (TPSA) is 70.8 Å². The largest absolute Gasteiger partial charge is 0.456 e. The van der Waals surface area contributed by atoms with Crippen LogP contribution < -0.4 is 5.43 Å². The fraction of sp³-hybridized carbons (Fsp3) is 0.650. The van der Waals surface area contributed by atoms with Gasteiger partial charge < -0.3 is 14.2 Å². The summed E-state index contributed by atoms with van der Waals surface area (Å²) in [6, 6.07) is 2.61. The van der Waals surface area contributed by atoms with E-state index in [1.165, 1.54) is 31.4 Å². The van der Waals surface area contributed by atoms with Gasteiger partial charge in [-0.25, -0.2) is 0 Å². The maximum Gasteiger partial charge on any atom is 0.289 e. The SMILES string of the molecule is Cc1cc(=O)cc(C(=O)N2CCC3(CCCN(CC4CCC4)C3=O)C2)o1. The number of hydrogen-bond acceptors (Lipinski definition) is 4. The molecule has 140 valence electrons. The van der Waals surface area contributed by atoms with Gasteiger partial charge >= 0.3 is 0 Å². The molecule has 2 saturated heterocycles. The van der Waals surface area contributed by atoms with Gasteiger partial charge in [0.15, 0.2) is 11.2 Å². The van der Waals surface area contributed by atoms with Crippen molar-refractivity contribution in [1.82, 2.24) is 9.80 Å². The van der Waals surface area contributed by atoms with Gasteiger partial charge in [0.25, 0.3) is 5.91 Å². The van der Waals surface area contributed by atoms with Crippen molar-refractivity contribution < 1.29 is 14.0 Å². The second kappa shape index (κ2) is 6.56. The molecule has 6 nitrogen and oxygen atoms in total. The minimum absolute atomic E-state index is 0.0710. The summed E-state index contributed by atoms with van der Waals surface area (Å²) >= 11 is 0. The second-order valence-corrected chi connectivity index (χ2v) is 8.18. The van der Waals surface area contributed by atoms with Crippen LogP contribution in [-0.2, 0) is 4.79 Å². The van der Waals surface area contributed by atoms with Crippen LogP contribution in [0.2, 0.25) is 0 Å². The first kappa shape index (κ1) is 17.3. The lowest BCUT2D eigenvalue weighted by Crippen LogP contribution is -2.52. The van der Waals surface area contributed by atoms with Crippen LogP contribution in [0.1, 0.15) is 54.8 Å². The second-order valence-electron chi connectivity index (χ2n) is 8.18. The summed E-state index contributed by atoms with van der Waals surface area (Å²) in [5.74, 6) is 1.09. The van der Waals surface area contributed by atoms with Crippen molar-refractivity contribution in [2.45, 2.75) is 45.4 Å². The summed E-state index contributed by atoms with van der Waals surface area (Å²) in [5.41, 5.74) is -0.673. The van der Waals surface area contributed by atoms with Crippen molar-refractivity contribution in [3.8, 4) is 0 Å². The van der Waals surface area contributed by atoms with Crippen molar-refractivity contribution in [2.24, 2.45) is 11.3 Å². The first-order chi connectivity index (χ1) is 12.5. The standard InChI is InChI=1S/C20H26N2O4/c1-14-10-16(23)11-17(26-14)18(24)22-9-7-20(13-22)6-3-8-21(19(20)25)12-15-4-2-5-15/h10-11,15H,2-9,12-13H2,1H3. The van der Waals surface area contributed by atoms with Crippen LogP contribution in [0, 0.1) is 18.3 Å². The fourth-order valence-electron chi connectivity index (χ4n) is 4.60. The Bertz CT molecular complexity index is 782. The summed E-state index contributed by atoms with van der Waals surface area (Å²) < 4.78 is 5.44. The Labute approximate surface area is 153 Å². The van der Waals surface area contributed by atoms with Gasteiger partial charge in [-0.2, -0.15) is 0 Å². The van der Waals surface area contributed by atoms with Gasteiger partial charge in [-0.3, -0.25) is 14.4 Å². The van der Waals surface area contributed by atoms with Crippen molar-refractivity contribution in [3.05, 3.63) is 33.9 Å². The van der Waals surface area contributed by atoms with Gasteiger partial charge in [0.1, 0.15) is 5.76 Å². The van der Waals surface area contributed by atoms with E-state index in [-0.39, 0.29) is 23.0 Å². The summed E-state index contributed by atoms with van der Waals surface area (Å²) in [7, 11) is 0. The normalized spacial score (nSPS) is 26.4. The number of amides is 2. The molecular formula is C20H26N2O4. The van der Waals surface area contributed by atoms with Gasteiger partial charge in [0, 0.05) is 38.3 Å². The van der Waals surface area contributed by atoms with E-state index in [0.29, 0.717) is 31.2 Å². The smallest absolute Gasteiger partial charge is 0.289 e. The number of hydrogen-bond donors (Lipinski definition) is 0. The van der Waals surface area contributed by atoms with Crippen molar-refractivity contribution in [2.75, 3.05) is 26.2 Å². The zero-order valence-electron chi connectivity index (χ0n) is 15.3. The van der Waals surface area contributed by atoms with E-state index in [1.54, 1.807) is 11.8 Å². The Morgan fingerprint density at radius 1 is 1.19 bits per heavy atom. The number of piperidine rings is 1. The molecule has 1 unspecified atom stereocenters. The Morgan fingerprint density at radius 3 is 2.69 bits per heavy atom. The first-order valence-electron chi connectivity index (χ1n) is 9.67. The van der Waals surface area contributed by atoms with Crippen LogP contribution in [0.15, 0.2) is 21.3 Å². The molecule has 0 bridgehead atoms. The number of rotatable bonds is 3. The lowest BCUT2D eigenvalue weighted by Gasteiger charge is -2.42. The minimum atomic E-state index is -0.443. The van der Waals surface area contributed by atoms with E-state index in [4.69, 9.17) is 4.42 Å². The average Bonchev–Trinajstić information content (AvgIpc) is 2.98. The molecule has 1 aliphatic carbocycles. The van der Waals surface area contributed by atoms with Gasteiger partial charge in [-0.1, -0.05) is 6.42 Å². The molecule has 1 spiro atoms. The molecule has 1 aromatic heterocycles. The molecular weight excluding hydrogens is 332 g/mol. The molecule has 26 heavy (non-hydrogen) atoms. The zero-order valence-corrected chi connectivity index (χ0v) is 15.3. The van der Waals surface area contributed by atoms with E-state index in [0.717, 1.165) is 25.9 Å². The molecule has 3 heterocycles. The van der Waals surface area contributed by atoms with Crippen LogP contribution in [0.3, 0.4) is 0 Å². The molecule has 0 N–H and O–H groups in total. The number of nitrogens with zero attached hydrogens (tertiary/aromatic N) is 2. The maximum absolute atomic E-state index is 13.2. The molecule has 2 amide bonds. The summed E-state index contributed by atoms with van der Waals surface area (Å²) in [6.07, 6.45) is 6.28. The molecule has 0 aromatic carbocycles. The first-order valence-corrected chi connectivity index (χ1v) is 9.67. The van der Waals surface area contributed by atoms with E-state index in [1.807, 2.05) is 4.90 Å². The molecule has 3 aliphatic rings. The lowest BCUT2D eigenvalue weighted by atomic mass is 9.77. The molecule has 6 heteroatoms. The van der Waals surface area contributed by atoms with Gasteiger partial charge in [-0.15, -0.1) is 0 Å².